The molecule has 0 atom stereocenters. The number of piperazine rings is 1. The van der Waals surface area contributed by atoms with Gasteiger partial charge in [0.25, 0.3) is 0 Å². The summed E-state index contributed by atoms with van der Waals surface area (Å²) < 4.78 is 11.1. The average Bonchev–Trinajstić information content (AvgIpc) is 3.22. The highest BCUT2D eigenvalue weighted by Crippen LogP contribution is 2.37. The van der Waals surface area contributed by atoms with Crippen LogP contribution in [-0.2, 0) is 11.2 Å². The Labute approximate surface area is 174 Å². The maximum atomic E-state index is 12.5. The number of anilines is 1. The number of hydrogen-bond acceptors (Lipinski definition) is 6. The lowest BCUT2D eigenvalue weighted by atomic mass is 10.2. The summed E-state index contributed by atoms with van der Waals surface area (Å²) in [5.41, 5.74) is 0.561. The second-order valence-corrected chi connectivity index (χ2v) is 8.41. The molecule has 0 aliphatic carbocycles. The highest BCUT2D eigenvalue weighted by Gasteiger charge is 2.20. The number of nitrogens with one attached hydrogen (secondary N) is 1. The van der Waals surface area contributed by atoms with Gasteiger partial charge < -0.3 is 19.7 Å². The molecule has 2 aliphatic rings. The third-order valence-corrected chi connectivity index (χ3v) is 6.24. The average molecular weight is 422 g/mol. The molecule has 1 fully saturated rings. The van der Waals surface area contributed by atoms with Crippen LogP contribution in [0, 0.1) is 0 Å². The van der Waals surface area contributed by atoms with Crippen LogP contribution < -0.4 is 14.8 Å². The zero-order valence-corrected chi connectivity index (χ0v) is 17.2. The number of thiophene rings is 1. The van der Waals surface area contributed by atoms with E-state index >= 15 is 0 Å². The molecule has 4 rings (SSSR count). The van der Waals surface area contributed by atoms with Crippen LogP contribution in [0.5, 0.6) is 11.5 Å². The van der Waals surface area contributed by atoms with Gasteiger partial charge in [0.1, 0.15) is 13.2 Å². The van der Waals surface area contributed by atoms with Crippen molar-refractivity contribution in [2.75, 3.05) is 57.8 Å². The summed E-state index contributed by atoms with van der Waals surface area (Å²) in [6, 6.07) is 7.72. The van der Waals surface area contributed by atoms with E-state index in [1.165, 1.54) is 4.88 Å². The number of benzene rings is 1. The Morgan fingerprint density at radius 1 is 1.11 bits per heavy atom. The minimum absolute atomic E-state index is 0.0642. The van der Waals surface area contributed by atoms with E-state index in [2.05, 4.69) is 32.6 Å². The number of fused-ring (bicyclic) bond motifs is 1. The number of rotatable bonds is 6. The lowest BCUT2D eigenvalue weighted by molar-refractivity contribution is -0.117. The zero-order valence-electron chi connectivity index (χ0n) is 15.7. The summed E-state index contributed by atoms with van der Waals surface area (Å²) in [5, 5.41) is 5.48. The number of hydrogen-bond donors (Lipinski definition) is 1. The van der Waals surface area contributed by atoms with Gasteiger partial charge in [-0.3, -0.25) is 9.69 Å². The van der Waals surface area contributed by atoms with Crippen molar-refractivity contribution in [1.29, 1.82) is 0 Å². The first kappa shape index (κ1) is 19.5. The number of halogens is 1. The van der Waals surface area contributed by atoms with E-state index in [1.807, 2.05) is 11.3 Å². The lowest BCUT2D eigenvalue weighted by Gasteiger charge is -2.34. The third-order valence-electron chi connectivity index (χ3n) is 4.99. The van der Waals surface area contributed by atoms with E-state index in [4.69, 9.17) is 21.1 Å². The van der Waals surface area contributed by atoms with Gasteiger partial charge in [0.15, 0.2) is 11.5 Å². The molecule has 0 spiro atoms. The maximum Gasteiger partial charge on any atom is 0.238 e. The summed E-state index contributed by atoms with van der Waals surface area (Å²) in [4.78, 5) is 18.5. The van der Waals surface area contributed by atoms with Gasteiger partial charge in [0.05, 0.1) is 17.3 Å². The van der Waals surface area contributed by atoms with Gasteiger partial charge in [0, 0.05) is 49.7 Å². The Morgan fingerprint density at radius 3 is 2.54 bits per heavy atom. The first-order chi connectivity index (χ1) is 13.7. The Morgan fingerprint density at radius 2 is 1.82 bits per heavy atom. The Kier molecular flexibility index (Phi) is 6.36. The van der Waals surface area contributed by atoms with Crippen LogP contribution >= 0.6 is 22.9 Å². The zero-order chi connectivity index (χ0) is 19.3. The third kappa shape index (κ3) is 4.97. The molecule has 28 heavy (non-hydrogen) atoms. The lowest BCUT2D eigenvalue weighted by Crippen LogP contribution is -2.49. The molecule has 2 aromatic rings. The normalized spacial score (nSPS) is 17.5. The molecule has 2 aliphatic heterocycles. The monoisotopic (exact) mass is 421 g/mol. The van der Waals surface area contributed by atoms with Crippen LogP contribution in [0.4, 0.5) is 5.69 Å². The number of ether oxygens (including phenoxy) is 2. The molecule has 0 unspecified atom stereocenters. The van der Waals surface area contributed by atoms with Gasteiger partial charge in [-0.2, -0.15) is 0 Å². The Hall–Kier alpha value is -1.80. The van der Waals surface area contributed by atoms with Crippen LogP contribution in [0.1, 0.15) is 4.88 Å². The van der Waals surface area contributed by atoms with E-state index < -0.39 is 0 Å². The number of carbonyl (C=O) groups excluding carboxylic acids is 1. The van der Waals surface area contributed by atoms with Crippen molar-refractivity contribution < 1.29 is 14.3 Å². The smallest absolute Gasteiger partial charge is 0.238 e. The fraction of sp³-hybridized carbons (Fsp3) is 0.450. The molecule has 8 heteroatoms. The first-order valence-electron chi connectivity index (χ1n) is 9.53. The van der Waals surface area contributed by atoms with Gasteiger partial charge >= 0.3 is 0 Å². The van der Waals surface area contributed by atoms with Crippen LogP contribution in [0.15, 0.2) is 29.6 Å². The highest BCUT2D eigenvalue weighted by molar-refractivity contribution is 7.09. The fourth-order valence-corrected chi connectivity index (χ4v) is 4.35. The molecular weight excluding hydrogens is 398 g/mol. The topological polar surface area (TPSA) is 54.0 Å². The molecule has 150 valence electrons. The van der Waals surface area contributed by atoms with Crippen LogP contribution in [0.25, 0.3) is 0 Å². The number of carbonyl (C=O) groups is 1. The molecule has 0 saturated carbocycles. The predicted molar refractivity (Wildman–Crippen MR) is 112 cm³/mol. The summed E-state index contributed by atoms with van der Waals surface area (Å²) >= 11 is 8.09. The van der Waals surface area contributed by atoms with Crippen molar-refractivity contribution in [3.05, 3.63) is 39.5 Å². The minimum atomic E-state index is -0.0642. The van der Waals surface area contributed by atoms with E-state index in [0.717, 1.165) is 39.1 Å². The molecule has 6 nitrogen and oxygen atoms in total. The Bertz CT molecular complexity index is 807. The van der Waals surface area contributed by atoms with E-state index in [1.54, 1.807) is 12.1 Å². The van der Waals surface area contributed by atoms with Crippen molar-refractivity contribution >= 4 is 34.5 Å². The molecule has 1 saturated heterocycles. The molecule has 3 heterocycles. The van der Waals surface area contributed by atoms with Gasteiger partial charge in [0.2, 0.25) is 5.91 Å². The highest BCUT2D eigenvalue weighted by atomic mass is 35.5. The van der Waals surface area contributed by atoms with Gasteiger partial charge in [-0.1, -0.05) is 17.7 Å². The molecule has 1 aromatic heterocycles. The largest absolute Gasteiger partial charge is 0.486 e. The second-order valence-electron chi connectivity index (χ2n) is 6.97. The van der Waals surface area contributed by atoms with Crippen LogP contribution in [-0.4, -0.2) is 68.2 Å². The summed E-state index contributed by atoms with van der Waals surface area (Å²) in [5.74, 6) is 1.17. The van der Waals surface area contributed by atoms with Gasteiger partial charge in [-0.25, -0.2) is 0 Å². The van der Waals surface area contributed by atoms with Crippen molar-refractivity contribution in [2.24, 2.45) is 0 Å². The van der Waals surface area contributed by atoms with Crippen LogP contribution in [0.3, 0.4) is 0 Å². The number of amides is 1. The Balaban J connectivity index is 1.24. The quantitative estimate of drug-likeness (QED) is 0.777. The van der Waals surface area contributed by atoms with E-state index in [0.29, 0.717) is 42.0 Å². The molecule has 1 aromatic carbocycles. The molecule has 1 amide bonds. The van der Waals surface area contributed by atoms with Crippen molar-refractivity contribution in [2.45, 2.75) is 6.42 Å². The second kappa shape index (κ2) is 9.13. The number of nitrogens with zero attached hydrogens (tertiary/aromatic N) is 2. The van der Waals surface area contributed by atoms with E-state index in [9.17, 15) is 4.79 Å². The van der Waals surface area contributed by atoms with E-state index in [-0.39, 0.29) is 5.91 Å². The van der Waals surface area contributed by atoms with Crippen molar-refractivity contribution in [3.8, 4) is 11.5 Å². The summed E-state index contributed by atoms with van der Waals surface area (Å²) in [6.07, 6.45) is 1.10. The molecule has 0 radical (unpaired) electrons. The SMILES string of the molecule is O=C(CN1CCN(CCc2cccs2)CC1)Nc1cc2c(cc1Cl)OCCO2. The van der Waals surface area contributed by atoms with Crippen LogP contribution in [0.2, 0.25) is 5.02 Å². The maximum absolute atomic E-state index is 12.5. The van der Waals surface area contributed by atoms with Crippen molar-refractivity contribution in [3.63, 3.8) is 0 Å². The standard InChI is InChI=1S/C20H24ClN3O3S/c21-16-12-18-19(27-10-9-26-18)13-17(16)22-20(25)14-24-7-5-23(6-8-24)4-3-15-2-1-11-28-15/h1-2,11-13H,3-10,14H2,(H,22,25). The van der Waals surface area contributed by atoms with Crippen molar-refractivity contribution in [1.82, 2.24) is 9.80 Å². The van der Waals surface area contributed by atoms with Gasteiger partial charge in [-0.15, -0.1) is 11.3 Å². The summed E-state index contributed by atoms with van der Waals surface area (Å²) in [7, 11) is 0. The first-order valence-corrected chi connectivity index (χ1v) is 10.8. The summed E-state index contributed by atoms with van der Waals surface area (Å²) in [6.45, 7) is 6.22. The minimum Gasteiger partial charge on any atom is -0.486 e. The molecular formula is C20H24ClN3O3S. The molecule has 0 bridgehead atoms. The molecule has 1 N–H and O–H groups in total. The van der Waals surface area contributed by atoms with Gasteiger partial charge in [-0.05, 0) is 17.9 Å². The fourth-order valence-electron chi connectivity index (χ4n) is 3.45. The predicted octanol–water partition coefficient (Wildman–Crippen LogP) is 2.97.